The number of para-hydroxylation sites is 1. The van der Waals surface area contributed by atoms with Crippen LogP contribution >= 0.6 is 0 Å². The lowest BCUT2D eigenvalue weighted by Crippen LogP contribution is -1.65. The van der Waals surface area contributed by atoms with E-state index in [1.165, 1.54) is 11.1 Å². The predicted molar refractivity (Wildman–Crippen MR) is 106 cm³/mol. The van der Waals surface area contributed by atoms with Crippen molar-refractivity contribution in [2.75, 3.05) is 0 Å². The summed E-state index contributed by atoms with van der Waals surface area (Å²) < 4.78 is 0. The molecule has 0 fully saturated rings. The minimum Gasteiger partial charge on any atom is -0.508 e. The molecule has 0 saturated heterocycles. The zero-order chi connectivity index (χ0) is 17.5. The summed E-state index contributed by atoms with van der Waals surface area (Å²) in [6, 6.07) is 29.0. The van der Waals surface area contributed by atoms with Crippen LogP contribution in [0.15, 0.2) is 104 Å². The number of hydrogen-bond acceptors (Lipinski definition) is 1. The fraction of sp³-hybridized carbons (Fsp3) is 0.0435. The van der Waals surface area contributed by atoms with E-state index in [1.807, 2.05) is 73.7 Å². The van der Waals surface area contributed by atoms with Gasteiger partial charge in [-0.1, -0.05) is 104 Å². The van der Waals surface area contributed by atoms with Gasteiger partial charge in [0.15, 0.2) is 0 Å². The molecule has 24 heavy (non-hydrogen) atoms. The van der Waals surface area contributed by atoms with Gasteiger partial charge in [-0.25, -0.2) is 0 Å². The molecule has 1 N–H and O–H groups in total. The summed E-state index contributed by atoms with van der Waals surface area (Å²) >= 11 is 0. The normalized spacial score (nSPS) is 9.21. The van der Waals surface area contributed by atoms with Gasteiger partial charge in [-0.2, -0.15) is 0 Å². The third-order valence-electron chi connectivity index (χ3n) is 2.95. The standard InChI is InChI=1S/C9H10.C8H8.C6H6O/c1-2-6-9-7-4-3-5-8-9;1-2-8-6-4-3-5-7-8;7-6-4-2-1-3-5-6/h2-8H,1H3;2-7H,1H2;1-5,7H. The molecule has 0 saturated carbocycles. The number of phenolic OH excluding ortho intramolecular Hbond substituents is 1. The van der Waals surface area contributed by atoms with Gasteiger partial charge in [0.25, 0.3) is 0 Å². The fourth-order valence-corrected chi connectivity index (χ4v) is 1.77. The maximum Gasteiger partial charge on any atom is 0.115 e. The Kier molecular flexibility index (Phi) is 9.87. The van der Waals surface area contributed by atoms with E-state index >= 15 is 0 Å². The van der Waals surface area contributed by atoms with Gasteiger partial charge >= 0.3 is 0 Å². The van der Waals surface area contributed by atoms with E-state index < -0.39 is 0 Å². The molecule has 0 aliphatic heterocycles. The summed E-state index contributed by atoms with van der Waals surface area (Å²) in [5.41, 5.74) is 2.44. The summed E-state index contributed by atoms with van der Waals surface area (Å²) in [6.45, 7) is 5.65. The molecule has 3 aromatic rings. The van der Waals surface area contributed by atoms with E-state index in [0.29, 0.717) is 5.75 Å². The zero-order valence-corrected chi connectivity index (χ0v) is 14.0. The van der Waals surface area contributed by atoms with Gasteiger partial charge < -0.3 is 5.11 Å². The molecule has 0 aliphatic carbocycles. The van der Waals surface area contributed by atoms with Gasteiger partial charge in [0.05, 0.1) is 0 Å². The lowest BCUT2D eigenvalue weighted by molar-refractivity contribution is 0.475. The first-order chi connectivity index (χ1) is 11.8. The predicted octanol–water partition coefficient (Wildman–Crippen LogP) is 6.44. The number of rotatable bonds is 2. The highest BCUT2D eigenvalue weighted by Gasteiger charge is 1.78. The van der Waals surface area contributed by atoms with Gasteiger partial charge in [-0.05, 0) is 30.2 Å². The van der Waals surface area contributed by atoms with Crippen molar-refractivity contribution >= 4 is 12.2 Å². The maximum absolute atomic E-state index is 8.63. The molecule has 0 spiro atoms. The highest BCUT2D eigenvalue weighted by Crippen LogP contribution is 2.03. The van der Waals surface area contributed by atoms with Crippen LogP contribution in [-0.2, 0) is 0 Å². The van der Waals surface area contributed by atoms with Crippen LogP contribution in [-0.4, -0.2) is 5.11 Å². The summed E-state index contributed by atoms with van der Waals surface area (Å²) in [5.74, 6) is 0.322. The van der Waals surface area contributed by atoms with E-state index in [9.17, 15) is 0 Å². The van der Waals surface area contributed by atoms with E-state index in [-0.39, 0.29) is 0 Å². The molecule has 0 aliphatic rings. The van der Waals surface area contributed by atoms with Crippen molar-refractivity contribution in [3.05, 3.63) is 115 Å². The van der Waals surface area contributed by atoms with Crippen molar-refractivity contribution in [1.82, 2.24) is 0 Å². The first kappa shape index (κ1) is 19.0. The molecule has 0 radical (unpaired) electrons. The van der Waals surface area contributed by atoms with Crippen molar-refractivity contribution in [3.8, 4) is 5.75 Å². The molecule has 0 amide bonds. The molecular weight excluding hydrogens is 292 g/mol. The number of benzene rings is 3. The Balaban J connectivity index is 0.000000181. The molecule has 0 atom stereocenters. The smallest absolute Gasteiger partial charge is 0.115 e. The van der Waals surface area contributed by atoms with Crippen molar-refractivity contribution in [2.24, 2.45) is 0 Å². The first-order valence-corrected chi connectivity index (χ1v) is 7.85. The van der Waals surface area contributed by atoms with Crippen molar-refractivity contribution in [1.29, 1.82) is 0 Å². The van der Waals surface area contributed by atoms with Crippen LogP contribution in [0.2, 0.25) is 0 Å². The van der Waals surface area contributed by atoms with E-state index in [0.717, 1.165) is 0 Å². The van der Waals surface area contributed by atoms with Gasteiger partial charge in [0.1, 0.15) is 5.75 Å². The summed E-state index contributed by atoms with van der Waals surface area (Å²) in [5, 5.41) is 8.63. The van der Waals surface area contributed by atoms with Crippen molar-refractivity contribution in [3.63, 3.8) is 0 Å². The highest BCUT2D eigenvalue weighted by atomic mass is 16.3. The second-order valence-electron chi connectivity index (χ2n) is 4.86. The molecule has 122 valence electrons. The third-order valence-corrected chi connectivity index (χ3v) is 2.95. The number of aromatic hydroxyl groups is 1. The topological polar surface area (TPSA) is 20.2 Å². The van der Waals surface area contributed by atoms with Crippen molar-refractivity contribution in [2.45, 2.75) is 6.92 Å². The second kappa shape index (κ2) is 12.5. The quantitative estimate of drug-likeness (QED) is 0.576. The molecule has 1 heteroatoms. The van der Waals surface area contributed by atoms with Crippen LogP contribution in [0.3, 0.4) is 0 Å². The average molecular weight is 316 g/mol. The third kappa shape index (κ3) is 9.06. The largest absolute Gasteiger partial charge is 0.508 e. The average Bonchev–Trinajstić information content (AvgIpc) is 2.65. The zero-order valence-electron chi connectivity index (χ0n) is 14.0. The monoisotopic (exact) mass is 316 g/mol. The molecule has 0 unspecified atom stereocenters. The van der Waals surface area contributed by atoms with Crippen LogP contribution < -0.4 is 0 Å². The number of allylic oxidation sites excluding steroid dienone is 1. The van der Waals surface area contributed by atoms with E-state index in [1.54, 1.807) is 24.3 Å². The Morgan fingerprint density at radius 3 is 1.38 bits per heavy atom. The van der Waals surface area contributed by atoms with E-state index in [4.69, 9.17) is 5.11 Å². The summed E-state index contributed by atoms with van der Waals surface area (Å²) in [7, 11) is 0. The van der Waals surface area contributed by atoms with Crippen LogP contribution in [0.4, 0.5) is 0 Å². The molecule has 1 nitrogen and oxygen atoms in total. The Morgan fingerprint density at radius 2 is 1.08 bits per heavy atom. The highest BCUT2D eigenvalue weighted by molar-refractivity contribution is 5.48. The lowest BCUT2D eigenvalue weighted by Gasteiger charge is -1.86. The molecule has 0 heterocycles. The maximum atomic E-state index is 8.63. The SMILES string of the molecule is C=Cc1ccccc1.CC=Cc1ccccc1.Oc1ccccc1. The molecule has 0 bridgehead atoms. The van der Waals surface area contributed by atoms with Gasteiger partial charge in [0, 0.05) is 0 Å². The van der Waals surface area contributed by atoms with Gasteiger partial charge in [-0.15, -0.1) is 0 Å². The van der Waals surface area contributed by atoms with E-state index in [2.05, 4.69) is 24.8 Å². The Hall–Kier alpha value is -3.06. The summed E-state index contributed by atoms with van der Waals surface area (Å²) in [6.07, 6.45) is 5.95. The lowest BCUT2D eigenvalue weighted by atomic mass is 10.2. The first-order valence-electron chi connectivity index (χ1n) is 7.85. The number of phenols is 1. The second-order valence-corrected chi connectivity index (χ2v) is 4.86. The van der Waals surface area contributed by atoms with Gasteiger partial charge in [0.2, 0.25) is 0 Å². The van der Waals surface area contributed by atoms with Crippen molar-refractivity contribution < 1.29 is 5.11 Å². The Labute approximate surface area is 145 Å². The summed E-state index contributed by atoms with van der Waals surface area (Å²) in [4.78, 5) is 0. The van der Waals surface area contributed by atoms with Crippen LogP contribution in [0.5, 0.6) is 5.75 Å². The molecule has 0 aromatic heterocycles. The molecule has 3 aromatic carbocycles. The van der Waals surface area contributed by atoms with Crippen LogP contribution in [0.1, 0.15) is 18.1 Å². The number of hydrogen-bond donors (Lipinski definition) is 1. The molecule has 3 rings (SSSR count). The van der Waals surface area contributed by atoms with Crippen LogP contribution in [0.25, 0.3) is 12.2 Å². The minimum atomic E-state index is 0.322. The Bertz CT molecular complexity index is 686. The van der Waals surface area contributed by atoms with Crippen LogP contribution in [0, 0.1) is 0 Å². The molecular formula is C23H24O. The Morgan fingerprint density at radius 1 is 0.667 bits per heavy atom. The minimum absolute atomic E-state index is 0.322. The fourth-order valence-electron chi connectivity index (χ4n) is 1.77. The van der Waals surface area contributed by atoms with Gasteiger partial charge in [-0.3, -0.25) is 0 Å².